The molecule has 1 N–H and O–H groups in total. The summed E-state index contributed by atoms with van der Waals surface area (Å²) in [7, 11) is 0. The lowest BCUT2D eigenvalue weighted by molar-refractivity contribution is -0.127. The summed E-state index contributed by atoms with van der Waals surface area (Å²) in [6.07, 6.45) is 4.87. The van der Waals surface area contributed by atoms with Crippen LogP contribution in [0.3, 0.4) is 0 Å². The average Bonchev–Trinajstić information content (AvgIpc) is 3.47. The van der Waals surface area contributed by atoms with Crippen LogP contribution in [0.1, 0.15) is 52.5 Å². The number of hydrogen-bond acceptors (Lipinski definition) is 5. The van der Waals surface area contributed by atoms with Crippen LogP contribution in [0.15, 0.2) is 45.9 Å². The fourth-order valence-electron chi connectivity index (χ4n) is 3.86. The van der Waals surface area contributed by atoms with Gasteiger partial charge in [-0.3, -0.25) is 4.79 Å². The first-order chi connectivity index (χ1) is 14.3. The standard InChI is InChI=1S/C24H35N5O/c1-7-19(22(25-6)27-24(5)10-11-24)21(17(2)3)23(30)29-14-12-28(13-15-29)20-9-8-18(4)16-26-20/h8-9,16,27H,6-7,10-15H2,1-5H3/b22-19-. The smallest absolute Gasteiger partial charge is 0.254 e. The summed E-state index contributed by atoms with van der Waals surface area (Å²) in [5, 5.41) is 3.52. The van der Waals surface area contributed by atoms with Gasteiger partial charge >= 0.3 is 0 Å². The highest BCUT2D eigenvalue weighted by Crippen LogP contribution is 2.37. The van der Waals surface area contributed by atoms with E-state index in [0.29, 0.717) is 13.1 Å². The molecule has 0 atom stereocenters. The molecule has 0 spiro atoms. The molecule has 1 saturated heterocycles. The molecule has 2 fully saturated rings. The summed E-state index contributed by atoms with van der Waals surface area (Å²) < 4.78 is 0. The lowest BCUT2D eigenvalue weighted by atomic mass is 9.97. The summed E-state index contributed by atoms with van der Waals surface area (Å²) in [6, 6.07) is 4.13. The minimum absolute atomic E-state index is 0.0827. The van der Waals surface area contributed by atoms with Gasteiger partial charge in [0, 0.05) is 49.1 Å². The van der Waals surface area contributed by atoms with Crippen LogP contribution in [0.2, 0.25) is 0 Å². The summed E-state index contributed by atoms with van der Waals surface area (Å²) in [5.41, 5.74) is 3.99. The number of hydrogen-bond donors (Lipinski definition) is 1. The summed E-state index contributed by atoms with van der Waals surface area (Å²) in [6.45, 7) is 17.0. The first-order valence-corrected chi connectivity index (χ1v) is 10.9. The van der Waals surface area contributed by atoms with Crippen molar-refractivity contribution < 1.29 is 4.79 Å². The minimum atomic E-state index is 0.0827. The quantitative estimate of drug-likeness (QED) is 0.422. The highest BCUT2D eigenvalue weighted by atomic mass is 16.2. The van der Waals surface area contributed by atoms with E-state index in [-0.39, 0.29) is 11.4 Å². The van der Waals surface area contributed by atoms with E-state index in [0.717, 1.165) is 66.3 Å². The van der Waals surface area contributed by atoms with Crippen molar-refractivity contribution in [1.82, 2.24) is 15.2 Å². The van der Waals surface area contributed by atoms with Crippen LogP contribution in [-0.2, 0) is 4.79 Å². The lowest BCUT2D eigenvalue weighted by Crippen LogP contribution is -2.49. The number of aliphatic imine (C=N–C) groups is 1. The molecule has 3 rings (SSSR count). The average molecular weight is 410 g/mol. The van der Waals surface area contributed by atoms with E-state index in [2.05, 4.69) is 52.9 Å². The molecule has 1 aromatic rings. The molecule has 0 aromatic carbocycles. The van der Waals surface area contributed by atoms with Gasteiger partial charge in [-0.15, -0.1) is 0 Å². The Kier molecular flexibility index (Phi) is 6.64. The molecule has 6 heteroatoms. The summed E-state index contributed by atoms with van der Waals surface area (Å²) >= 11 is 0. The molecule has 162 valence electrons. The number of aryl methyl sites for hydroxylation is 1. The van der Waals surface area contributed by atoms with Crippen molar-refractivity contribution in [3.8, 4) is 0 Å². The van der Waals surface area contributed by atoms with E-state index < -0.39 is 0 Å². The van der Waals surface area contributed by atoms with E-state index in [4.69, 9.17) is 0 Å². The molecule has 2 heterocycles. The van der Waals surface area contributed by atoms with Crippen LogP contribution in [0, 0.1) is 6.92 Å². The summed E-state index contributed by atoms with van der Waals surface area (Å²) in [5.74, 6) is 1.82. The van der Waals surface area contributed by atoms with Gasteiger partial charge in [0.2, 0.25) is 0 Å². The molecular formula is C24H35N5O. The first kappa shape index (κ1) is 22.1. The van der Waals surface area contributed by atoms with Crippen LogP contribution in [0.5, 0.6) is 0 Å². The van der Waals surface area contributed by atoms with Crippen molar-refractivity contribution >= 4 is 18.4 Å². The zero-order valence-electron chi connectivity index (χ0n) is 19.1. The largest absolute Gasteiger partial charge is 0.365 e. The Morgan fingerprint density at radius 3 is 2.37 bits per heavy atom. The molecule has 1 amide bonds. The van der Waals surface area contributed by atoms with E-state index in [1.54, 1.807) is 0 Å². The number of nitrogens with zero attached hydrogens (tertiary/aromatic N) is 4. The second kappa shape index (κ2) is 9.02. The maximum atomic E-state index is 13.5. The lowest BCUT2D eigenvalue weighted by Gasteiger charge is -2.36. The molecule has 0 bridgehead atoms. The number of pyridine rings is 1. The molecule has 30 heavy (non-hydrogen) atoms. The Hall–Kier alpha value is -2.63. The van der Waals surface area contributed by atoms with E-state index in [1.165, 1.54) is 0 Å². The first-order valence-electron chi connectivity index (χ1n) is 10.9. The van der Waals surface area contributed by atoms with Crippen molar-refractivity contribution in [2.75, 3.05) is 31.1 Å². The van der Waals surface area contributed by atoms with Crippen molar-refractivity contribution in [1.29, 1.82) is 0 Å². The van der Waals surface area contributed by atoms with Crippen LogP contribution in [-0.4, -0.2) is 54.2 Å². The fourth-order valence-corrected chi connectivity index (χ4v) is 3.86. The molecule has 1 aliphatic heterocycles. The van der Waals surface area contributed by atoms with Gasteiger partial charge in [0.1, 0.15) is 11.6 Å². The van der Waals surface area contributed by atoms with Gasteiger partial charge in [-0.05, 0) is 65.3 Å². The van der Waals surface area contributed by atoms with Crippen LogP contribution in [0.4, 0.5) is 5.82 Å². The monoisotopic (exact) mass is 409 g/mol. The van der Waals surface area contributed by atoms with Crippen LogP contribution in [0.25, 0.3) is 0 Å². The van der Waals surface area contributed by atoms with Gasteiger partial charge in [0.15, 0.2) is 0 Å². The van der Waals surface area contributed by atoms with Gasteiger partial charge in [-0.25, -0.2) is 9.98 Å². The van der Waals surface area contributed by atoms with E-state index in [9.17, 15) is 4.79 Å². The number of nitrogens with one attached hydrogen (secondary N) is 1. The molecule has 2 aliphatic rings. The zero-order valence-corrected chi connectivity index (χ0v) is 19.1. The van der Waals surface area contributed by atoms with Crippen LogP contribution >= 0.6 is 0 Å². The Balaban J connectivity index is 1.76. The number of allylic oxidation sites excluding steroid dienone is 1. The predicted molar refractivity (Wildman–Crippen MR) is 124 cm³/mol. The second-order valence-corrected chi connectivity index (χ2v) is 8.87. The number of anilines is 1. The zero-order chi connectivity index (χ0) is 21.9. The van der Waals surface area contributed by atoms with Gasteiger partial charge < -0.3 is 15.1 Å². The number of carbonyl (C=O) groups excluding carboxylic acids is 1. The summed E-state index contributed by atoms with van der Waals surface area (Å²) in [4.78, 5) is 26.5. The van der Waals surface area contributed by atoms with Crippen molar-refractivity contribution in [3.05, 3.63) is 46.4 Å². The Morgan fingerprint density at radius 1 is 1.23 bits per heavy atom. The van der Waals surface area contributed by atoms with Crippen LogP contribution < -0.4 is 10.2 Å². The molecular weight excluding hydrogens is 374 g/mol. The maximum Gasteiger partial charge on any atom is 0.254 e. The number of aromatic nitrogens is 1. The fraction of sp³-hybridized carbons (Fsp3) is 0.542. The Bertz CT molecular complexity index is 852. The number of amides is 1. The molecule has 1 saturated carbocycles. The highest BCUT2D eigenvalue weighted by Gasteiger charge is 2.38. The topological polar surface area (TPSA) is 60.8 Å². The third-order valence-electron chi connectivity index (χ3n) is 6.02. The Labute approximate surface area is 180 Å². The third kappa shape index (κ3) is 4.91. The second-order valence-electron chi connectivity index (χ2n) is 8.87. The number of piperazine rings is 1. The SMILES string of the molecule is C=N/C(NC1(C)CC1)=C(\CC)C(C(=O)N1CCN(c2ccc(C)cn2)CC1)=C(C)C. The van der Waals surface area contributed by atoms with Crippen molar-refractivity contribution in [3.63, 3.8) is 0 Å². The van der Waals surface area contributed by atoms with Gasteiger partial charge in [0.25, 0.3) is 5.91 Å². The van der Waals surface area contributed by atoms with Gasteiger partial charge in [-0.1, -0.05) is 18.6 Å². The third-order valence-corrected chi connectivity index (χ3v) is 6.02. The van der Waals surface area contributed by atoms with E-state index in [1.807, 2.05) is 31.9 Å². The molecule has 0 unspecified atom stereocenters. The predicted octanol–water partition coefficient (Wildman–Crippen LogP) is 3.84. The number of carbonyl (C=O) groups is 1. The van der Waals surface area contributed by atoms with Crippen molar-refractivity contribution in [2.45, 2.75) is 59.4 Å². The maximum absolute atomic E-state index is 13.5. The molecule has 1 aliphatic carbocycles. The normalized spacial score (nSPS) is 18.4. The van der Waals surface area contributed by atoms with E-state index >= 15 is 0 Å². The Morgan fingerprint density at radius 2 is 1.90 bits per heavy atom. The van der Waals surface area contributed by atoms with Gasteiger partial charge in [0.05, 0.1) is 0 Å². The molecule has 1 aromatic heterocycles. The highest BCUT2D eigenvalue weighted by molar-refractivity contribution is 5.98. The number of rotatable bonds is 7. The van der Waals surface area contributed by atoms with Crippen molar-refractivity contribution in [2.24, 2.45) is 4.99 Å². The minimum Gasteiger partial charge on any atom is -0.365 e. The molecule has 0 radical (unpaired) electrons. The molecule has 6 nitrogen and oxygen atoms in total. The van der Waals surface area contributed by atoms with Gasteiger partial charge in [-0.2, -0.15) is 0 Å².